The summed E-state index contributed by atoms with van der Waals surface area (Å²) in [6, 6.07) is 10.3. The van der Waals surface area contributed by atoms with Crippen LogP contribution in [0.1, 0.15) is 332 Å². The molecule has 95 heavy (non-hydrogen) atoms. The van der Waals surface area contributed by atoms with Gasteiger partial charge < -0.3 is 27.6 Å². The molecule has 13 nitrogen and oxygen atoms in total. The van der Waals surface area contributed by atoms with E-state index in [9.17, 15) is 48.6 Å². The molecule has 17 heteroatoms. The van der Waals surface area contributed by atoms with Gasteiger partial charge in [-0.2, -0.15) is 0 Å². The van der Waals surface area contributed by atoms with Crippen LogP contribution >= 0.6 is 34.0 Å². The van der Waals surface area contributed by atoms with Crippen LogP contribution in [0.2, 0.25) is 0 Å². The predicted octanol–water partition coefficient (Wildman–Crippen LogP) is 16.2. The Morgan fingerprint density at radius 2 is 0.695 bits per heavy atom. The summed E-state index contributed by atoms with van der Waals surface area (Å²) in [5.74, 6) is -4.41. The molecule has 534 valence electrons. The van der Waals surface area contributed by atoms with Crippen LogP contribution in [0.25, 0.3) is 0 Å². The molecule has 2 saturated carbocycles. The topological polar surface area (TPSA) is 213 Å². The number of carbonyl (C=O) groups excluding carboxylic acids is 8. The van der Waals surface area contributed by atoms with Crippen molar-refractivity contribution in [2.45, 2.75) is 322 Å². The van der Waals surface area contributed by atoms with E-state index < -0.39 is 71.0 Å². The van der Waals surface area contributed by atoms with E-state index in [0.717, 1.165) is 103 Å². The first-order chi connectivity index (χ1) is 45.5. The van der Waals surface area contributed by atoms with Crippen LogP contribution in [0.3, 0.4) is 0 Å². The van der Waals surface area contributed by atoms with E-state index in [1.165, 1.54) is 162 Å². The van der Waals surface area contributed by atoms with Crippen molar-refractivity contribution in [3.05, 3.63) is 67.2 Å². The first-order valence-corrected chi connectivity index (χ1v) is 40.2. The zero-order chi connectivity index (χ0) is 68.7. The summed E-state index contributed by atoms with van der Waals surface area (Å²) in [5.41, 5.74) is -4.52. The van der Waals surface area contributed by atoms with Crippen molar-refractivity contribution in [2.24, 2.45) is 29.6 Å². The Bertz CT molecular complexity index is 2400. The minimum absolute atomic E-state index is 0. The number of Topliss-reactive ketones (excluding diaryl/α,β-unsaturated/α-hetero) is 5. The fraction of sp³-hybridized carbons (Fsp3) is 0.744. The van der Waals surface area contributed by atoms with Gasteiger partial charge in [-0.1, -0.05) is 252 Å². The maximum Gasteiger partial charge on any atom is 1.00 e. The van der Waals surface area contributed by atoms with Crippen molar-refractivity contribution in [3.8, 4) is 0 Å². The molecule has 0 aromatic carbocycles. The molecule has 2 fully saturated rings. The quantitative estimate of drug-likeness (QED) is 0.0156. The van der Waals surface area contributed by atoms with Crippen LogP contribution in [0, 0.1) is 29.6 Å². The number of hydrogen-bond acceptors (Lipinski definition) is 13. The van der Waals surface area contributed by atoms with E-state index in [2.05, 4.69) is 57.5 Å². The summed E-state index contributed by atoms with van der Waals surface area (Å²) in [7, 11) is 0. The second kappa shape index (κ2) is 53.7. The molecule has 7 atom stereocenters. The summed E-state index contributed by atoms with van der Waals surface area (Å²) >= 11 is 3.69. The van der Waals surface area contributed by atoms with Crippen LogP contribution in [0.15, 0.2) is 52.5 Å². The largest absolute Gasteiger partial charge is 1.00 e. The normalized spacial score (nSPS) is 17.0. The molecular formula is C78H128N3NaO10S3. The molecule has 0 saturated heterocycles. The van der Waals surface area contributed by atoms with Gasteiger partial charge in [0.25, 0.3) is 23.5 Å². The van der Waals surface area contributed by atoms with Crippen LogP contribution < -0.4 is 45.5 Å². The number of unbranched alkanes of at least 4 members (excludes halogenated alkanes) is 24. The summed E-state index contributed by atoms with van der Waals surface area (Å²) in [6.07, 6.45) is 43.5. The molecular weight excluding hydrogens is 1260 g/mol. The molecule has 0 bridgehead atoms. The molecule has 2 aliphatic rings. The first-order valence-electron chi connectivity index (χ1n) is 37.6. The van der Waals surface area contributed by atoms with Gasteiger partial charge in [0, 0.05) is 67.9 Å². The van der Waals surface area contributed by atoms with Gasteiger partial charge in [0.15, 0.2) is 11.2 Å². The molecule has 3 amide bonds. The third kappa shape index (κ3) is 34.1. The Kier molecular flexibility index (Phi) is 49.6. The Balaban J connectivity index is 0.00000105. The van der Waals surface area contributed by atoms with Gasteiger partial charge in [0.2, 0.25) is 0 Å². The van der Waals surface area contributed by atoms with Crippen molar-refractivity contribution in [3.63, 3.8) is 0 Å². The van der Waals surface area contributed by atoms with Gasteiger partial charge in [-0.3, -0.25) is 38.4 Å². The molecule has 2 aliphatic carbocycles. The Morgan fingerprint density at radius 3 is 0.979 bits per heavy atom. The summed E-state index contributed by atoms with van der Waals surface area (Å²) in [5, 5.41) is 39.2. The van der Waals surface area contributed by atoms with Crippen molar-refractivity contribution in [1.29, 1.82) is 0 Å². The first kappa shape index (κ1) is 87.9. The molecule has 3 aromatic heterocycles. The van der Waals surface area contributed by atoms with Crippen molar-refractivity contribution in [2.75, 3.05) is 19.6 Å². The SMILES string of the molecule is CCCCCCCCC(CCCCCC)CNC(=O)C(=O)c1cccs1.CCCCCCCCC(CCCCCC)CNC(=O)C(O)(c1cccs1)C1CC(=O)C(C(O)(C(=O)NCC(CCCCCC)CCCCCCCC)c2cccs2)CC1=O.O=C1CCC(=O)CC1.[H-].[Na+]. The van der Waals surface area contributed by atoms with E-state index >= 15 is 0 Å². The molecule has 7 unspecified atom stereocenters. The number of aliphatic hydroxyl groups is 2. The van der Waals surface area contributed by atoms with E-state index in [4.69, 9.17) is 0 Å². The summed E-state index contributed by atoms with van der Waals surface area (Å²) in [6.45, 7) is 14.7. The van der Waals surface area contributed by atoms with Gasteiger partial charge >= 0.3 is 29.6 Å². The molecule has 3 heterocycles. The molecule has 3 aromatic rings. The van der Waals surface area contributed by atoms with E-state index in [0.29, 0.717) is 65.9 Å². The van der Waals surface area contributed by atoms with E-state index in [1.807, 2.05) is 5.38 Å². The summed E-state index contributed by atoms with van der Waals surface area (Å²) < 4.78 is 0. The van der Waals surface area contributed by atoms with Gasteiger partial charge in [-0.15, -0.1) is 34.0 Å². The second-order valence-electron chi connectivity index (χ2n) is 27.3. The maximum absolute atomic E-state index is 14.3. The number of rotatable bonds is 50. The Labute approximate surface area is 610 Å². The number of amides is 3. The van der Waals surface area contributed by atoms with E-state index in [-0.39, 0.29) is 54.4 Å². The summed E-state index contributed by atoms with van der Waals surface area (Å²) in [4.78, 5) is 104. The fourth-order valence-electron chi connectivity index (χ4n) is 13.2. The van der Waals surface area contributed by atoms with Crippen molar-refractivity contribution in [1.82, 2.24) is 16.0 Å². The monoisotopic (exact) mass is 1390 g/mol. The van der Waals surface area contributed by atoms with Gasteiger partial charge in [0.05, 0.1) is 16.7 Å². The molecule has 0 radical (unpaired) electrons. The zero-order valence-electron chi connectivity index (χ0n) is 61.3. The average Bonchev–Trinajstić information content (AvgIpc) is 1.12. The Morgan fingerprint density at radius 1 is 0.421 bits per heavy atom. The van der Waals surface area contributed by atoms with Crippen LogP contribution in [-0.2, 0) is 44.8 Å². The van der Waals surface area contributed by atoms with Gasteiger partial charge in [-0.05, 0) is 90.6 Å². The smallest absolute Gasteiger partial charge is 1.00 e. The molecule has 0 aliphatic heterocycles. The van der Waals surface area contributed by atoms with Crippen LogP contribution in [0.4, 0.5) is 0 Å². The second-order valence-corrected chi connectivity index (χ2v) is 30.1. The number of ketones is 5. The third-order valence-electron chi connectivity index (χ3n) is 19.3. The van der Waals surface area contributed by atoms with Crippen LogP contribution in [0.5, 0.6) is 0 Å². The standard InChI is InChI=1S/C50H82N2O6S2.C22H37NO2S.C6H8O2.Na.H/c1-5-9-13-17-19-23-29-39(27-21-15-11-7-3)37-51-47(55)49(57,45-31-25-33-59-45)41-35-44(54)42(36-43(41)53)50(58,46-32-26-34-60-46)48(56)52-38-40(28-22-16-12-8-4)30-24-20-18-14-10-6-2;1-3-5-7-9-10-12-15-19(14-11-8-6-4-2)18-23-22(25)21(24)20-16-13-17-26-20;7-5-1-2-6(8)4-3-5;;/h25-26,31-34,39-42,57-58H,5-24,27-30,35-38H2,1-4H3,(H,51,55)(H,52,56);13,16-17,19H,3-12,14-15,18H2,1-2H3,(H,23,25);1-4H2;;/q;;;+1;-1. The molecule has 5 rings (SSSR count). The number of carbonyl (C=O) groups is 8. The minimum Gasteiger partial charge on any atom is -1.00 e. The third-order valence-corrected chi connectivity index (χ3v) is 22.2. The van der Waals surface area contributed by atoms with Crippen LogP contribution in [-0.4, -0.2) is 76.5 Å². The minimum atomic E-state index is -2.26. The Hall–Kier alpha value is -3.22. The number of hydrogen-bond donors (Lipinski definition) is 5. The number of nitrogens with one attached hydrogen (secondary N) is 3. The molecule has 0 spiro atoms. The average molecular weight is 1390 g/mol. The fourth-order valence-corrected chi connectivity index (χ4v) is 15.6. The van der Waals surface area contributed by atoms with E-state index in [1.54, 1.807) is 47.2 Å². The van der Waals surface area contributed by atoms with Crippen molar-refractivity contribution >= 4 is 80.6 Å². The predicted molar refractivity (Wildman–Crippen MR) is 391 cm³/mol. The molecule has 5 N–H and O–H groups in total. The maximum atomic E-state index is 14.3. The number of thiophene rings is 3. The van der Waals surface area contributed by atoms with Gasteiger partial charge in [0.1, 0.15) is 23.1 Å². The van der Waals surface area contributed by atoms with Gasteiger partial charge in [-0.25, -0.2) is 0 Å². The van der Waals surface area contributed by atoms with Crippen molar-refractivity contribution < 1.29 is 79.6 Å². The zero-order valence-corrected chi connectivity index (χ0v) is 64.7.